The van der Waals surface area contributed by atoms with Gasteiger partial charge < -0.3 is 18.0 Å². The quantitative estimate of drug-likeness (QED) is 0.264. The summed E-state index contributed by atoms with van der Waals surface area (Å²) in [6.45, 7) is 35.3. The molecular weight excluding hydrogens is 541 g/mol. The first-order valence-electron chi connectivity index (χ1n) is 14.3. The van der Waals surface area contributed by atoms with Crippen LogP contribution in [-0.4, -0.2) is 55.3 Å². The Kier molecular flexibility index (Phi) is 10.9. The third kappa shape index (κ3) is 8.78. The molecule has 1 aliphatic rings. The van der Waals surface area contributed by atoms with Crippen molar-refractivity contribution in [1.29, 1.82) is 0 Å². The number of hydrogen-bond donors (Lipinski definition) is 0. The Hall–Kier alpha value is 0.0606. The topological polar surface area (TPSA) is 36.9 Å². The molecule has 1 aromatic carbocycles. The summed E-state index contributed by atoms with van der Waals surface area (Å²) in [5, 5.41) is 0.337. The molecule has 4 atom stereocenters. The van der Waals surface area contributed by atoms with Crippen molar-refractivity contribution >= 4 is 36.7 Å². The second-order valence-corrected chi connectivity index (χ2v) is 31.2. The molecule has 4 nitrogen and oxygen atoms in total. The second-order valence-electron chi connectivity index (χ2n) is 15.6. The summed E-state index contributed by atoms with van der Waals surface area (Å²) < 4.78 is 28.1. The van der Waals surface area contributed by atoms with Crippen LogP contribution in [0.4, 0.5) is 0 Å². The number of ether oxygens (including phenoxy) is 1. The van der Waals surface area contributed by atoms with Crippen LogP contribution in [0.3, 0.4) is 0 Å². The Morgan fingerprint density at radius 3 is 1.68 bits per heavy atom. The van der Waals surface area contributed by atoms with Gasteiger partial charge in [0.05, 0.1) is 18.8 Å². The normalized spacial score (nSPS) is 24.5. The summed E-state index contributed by atoms with van der Waals surface area (Å²) >= 11 is 1.79. The maximum atomic E-state index is 7.21. The Morgan fingerprint density at radius 1 is 0.737 bits per heavy atom. The summed E-state index contributed by atoms with van der Waals surface area (Å²) in [7, 11) is -6.13. The van der Waals surface area contributed by atoms with E-state index < -0.39 is 25.0 Å². The van der Waals surface area contributed by atoms with Crippen LogP contribution in [0.5, 0.6) is 0 Å². The fourth-order valence-corrected chi connectivity index (χ4v) is 8.39. The first-order chi connectivity index (χ1) is 17.0. The van der Waals surface area contributed by atoms with E-state index in [0.29, 0.717) is 6.61 Å². The number of rotatable bonds is 9. The van der Waals surface area contributed by atoms with Crippen LogP contribution in [0.1, 0.15) is 68.7 Å². The van der Waals surface area contributed by atoms with Crippen molar-refractivity contribution in [3.05, 3.63) is 30.3 Å². The number of benzene rings is 1. The molecule has 1 saturated heterocycles. The fourth-order valence-electron chi connectivity index (χ4n) is 3.60. The molecule has 0 saturated carbocycles. The maximum absolute atomic E-state index is 7.21. The van der Waals surface area contributed by atoms with Crippen molar-refractivity contribution in [1.82, 2.24) is 0 Å². The monoisotopic (exact) mass is 598 g/mol. The van der Waals surface area contributed by atoms with Crippen molar-refractivity contribution in [3.63, 3.8) is 0 Å². The molecule has 0 amide bonds. The lowest BCUT2D eigenvalue weighted by Gasteiger charge is -2.50. The lowest BCUT2D eigenvalue weighted by molar-refractivity contribution is -0.145. The van der Waals surface area contributed by atoms with Crippen LogP contribution in [0.15, 0.2) is 35.2 Å². The van der Waals surface area contributed by atoms with Gasteiger partial charge in [-0.15, -0.1) is 0 Å². The summed E-state index contributed by atoms with van der Waals surface area (Å²) in [6, 6.07) is 10.6. The van der Waals surface area contributed by atoms with Gasteiger partial charge in [-0.25, -0.2) is 0 Å². The maximum Gasteiger partial charge on any atom is 0.192 e. The van der Waals surface area contributed by atoms with E-state index >= 15 is 0 Å². The SMILES string of the molecule is CC(C)(C)[Si](C)(C)OCC1O[C@H](Sc2ccccc2)C[C@@H](O[Si](C)(C)C(C)(C)C)[C@H]1O[Si](C)(C)C(C)(C)C. The zero-order chi connectivity index (χ0) is 29.4. The van der Waals surface area contributed by atoms with Crippen LogP contribution in [0.25, 0.3) is 0 Å². The van der Waals surface area contributed by atoms with Crippen LogP contribution < -0.4 is 0 Å². The van der Waals surface area contributed by atoms with E-state index in [1.807, 2.05) is 0 Å². The Bertz CT molecular complexity index is 885. The highest BCUT2D eigenvalue weighted by molar-refractivity contribution is 7.99. The van der Waals surface area contributed by atoms with Gasteiger partial charge in [0.15, 0.2) is 25.0 Å². The summed E-state index contributed by atoms with van der Waals surface area (Å²) in [5.74, 6) is 0. The predicted molar refractivity (Wildman–Crippen MR) is 173 cm³/mol. The molecule has 0 N–H and O–H groups in total. The van der Waals surface area contributed by atoms with Gasteiger partial charge in [-0.2, -0.15) is 0 Å². The lowest BCUT2D eigenvalue weighted by atomic mass is 10.0. The summed E-state index contributed by atoms with van der Waals surface area (Å²) in [5.41, 5.74) is -0.0144. The standard InChI is InChI=1S/C30H58O4SSi3/c1-28(2,3)36(10,11)31-22-25-27(34-38(14,15)30(7,8)9)24(33-37(12,13)29(4,5)6)21-26(32-25)35-23-19-17-16-18-20-23/h16-20,24-27H,21-22H2,1-15H3/t24-,25?,26-,27-/m1/s1. The molecule has 1 unspecified atom stereocenters. The molecule has 0 aliphatic carbocycles. The van der Waals surface area contributed by atoms with Crippen molar-refractivity contribution in [2.24, 2.45) is 0 Å². The molecule has 0 bridgehead atoms. The zero-order valence-corrected chi connectivity index (χ0v) is 31.0. The van der Waals surface area contributed by atoms with Gasteiger partial charge >= 0.3 is 0 Å². The highest BCUT2D eigenvalue weighted by atomic mass is 32.2. The Morgan fingerprint density at radius 2 is 1.21 bits per heavy atom. The smallest absolute Gasteiger partial charge is 0.192 e. The van der Waals surface area contributed by atoms with Crippen molar-refractivity contribution in [2.45, 2.75) is 152 Å². The molecule has 38 heavy (non-hydrogen) atoms. The minimum Gasteiger partial charge on any atom is -0.414 e. The molecular formula is C30H58O4SSi3. The molecule has 2 rings (SSSR count). The van der Waals surface area contributed by atoms with E-state index in [-0.39, 0.29) is 38.9 Å². The molecule has 0 spiro atoms. The Labute approximate surface area is 242 Å². The number of thioether (sulfide) groups is 1. The third-order valence-corrected chi connectivity index (χ3v) is 24.0. The van der Waals surface area contributed by atoms with Crippen LogP contribution in [0, 0.1) is 0 Å². The first kappa shape index (κ1) is 34.3. The molecule has 220 valence electrons. The molecule has 0 radical (unpaired) electrons. The summed E-state index contributed by atoms with van der Waals surface area (Å²) in [6.07, 6.45) is 0.445. The predicted octanol–water partition coefficient (Wildman–Crippen LogP) is 9.70. The van der Waals surface area contributed by atoms with Gasteiger partial charge in [-0.1, -0.05) is 92.3 Å². The lowest BCUT2D eigenvalue weighted by Crippen LogP contribution is -2.60. The van der Waals surface area contributed by atoms with Gasteiger partial charge in [0, 0.05) is 11.3 Å². The van der Waals surface area contributed by atoms with E-state index in [4.69, 9.17) is 18.0 Å². The van der Waals surface area contributed by atoms with Gasteiger partial charge in [0.25, 0.3) is 0 Å². The molecule has 1 aliphatic heterocycles. The van der Waals surface area contributed by atoms with Crippen LogP contribution in [-0.2, 0) is 18.0 Å². The average molecular weight is 599 g/mol. The molecule has 1 aromatic rings. The second kappa shape index (κ2) is 12.1. The third-order valence-electron chi connectivity index (χ3n) is 9.40. The van der Waals surface area contributed by atoms with Crippen LogP contribution >= 0.6 is 11.8 Å². The zero-order valence-electron chi connectivity index (χ0n) is 27.2. The minimum atomic E-state index is -2.10. The highest BCUT2D eigenvalue weighted by Crippen LogP contribution is 2.45. The molecule has 8 heteroatoms. The highest BCUT2D eigenvalue weighted by Gasteiger charge is 2.51. The Balaban J connectivity index is 2.49. The number of hydrogen-bond acceptors (Lipinski definition) is 5. The van der Waals surface area contributed by atoms with Gasteiger partial charge in [0.2, 0.25) is 0 Å². The molecule has 0 aromatic heterocycles. The van der Waals surface area contributed by atoms with Gasteiger partial charge in [-0.3, -0.25) is 0 Å². The van der Waals surface area contributed by atoms with E-state index in [9.17, 15) is 0 Å². The first-order valence-corrected chi connectivity index (χ1v) is 23.9. The van der Waals surface area contributed by atoms with Crippen molar-refractivity contribution < 1.29 is 18.0 Å². The molecule has 1 fully saturated rings. The van der Waals surface area contributed by atoms with Gasteiger partial charge in [0.1, 0.15) is 11.5 Å². The minimum absolute atomic E-state index is 0.0144. The molecule has 1 heterocycles. The average Bonchev–Trinajstić information content (AvgIpc) is 2.72. The van der Waals surface area contributed by atoms with Crippen molar-refractivity contribution in [3.8, 4) is 0 Å². The summed E-state index contributed by atoms with van der Waals surface area (Å²) in [4.78, 5) is 1.22. The van der Waals surface area contributed by atoms with Crippen LogP contribution in [0.2, 0.25) is 54.4 Å². The fraction of sp³-hybridized carbons (Fsp3) is 0.800. The van der Waals surface area contributed by atoms with E-state index in [1.54, 1.807) is 11.8 Å². The van der Waals surface area contributed by atoms with E-state index in [0.717, 1.165) is 6.42 Å². The largest absolute Gasteiger partial charge is 0.414 e. The van der Waals surface area contributed by atoms with Gasteiger partial charge in [-0.05, 0) is 66.5 Å². The van der Waals surface area contributed by atoms with Crippen molar-refractivity contribution in [2.75, 3.05) is 6.61 Å². The van der Waals surface area contributed by atoms with E-state index in [1.165, 1.54) is 4.90 Å². The van der Waals surface area contributed by atoms with E-state index in [2.05, 4.69) is 132 Å².